The van der Waals surface area contributed by atoms with Gasteiger partial charge in [-0.15, -0.1) is 0 Å². The molecule has 1 rings (SSSR count). The third kappa shape index (κ3) is 6.23. The van der Waals surface area contributed by atoms with E-state index in [0.29, 0.717) is 18.5 Å². The number of carbonyl (C=O) groups is 1. The van der Waals surface area contributed by atoms with Gasteiger partial charge in [0.15, 0.2) is 0 Å². The van der Waals surface area contributed by atoms with E-state index in [0.717, 1.165) is 32.7 Å². The number of hydrogen-bond donors (Lipinski definition) is 1. The summed E-state index contributed by atoms with van der Waals surface area (Å²) in [6.07, 6.45) is 1.10. The molecular formula is C14H27BrN2O2. The Morgan fingerprint density at radius 1 is 1.37 bits per heavy atom. The molecule has 1 unspecified atom stereocenters. The summed E-state index contributed by atoms with van der Waals surface area (Å²) in [7, 11) is 0. The third-order valence-electron chi connectivity index (χ3n) is 3.34. The van der Waals surface area contributed by atoms with Crippen molar-refractivity contribution in [3.05, 3.63) is 0 Å². The van der Waals surface area contributed by atoms with Crippen LogP contribution in [0.15, 0.2) is 0 Å². The summed E-state index contributed by atoms with van der Waals surface area (Å²) in [5.41, 5.74) is 0. The molecule has 0 aliphatic carbocycles. The maximum Gasteiger partial charge on any atom is 0.236 e. The first-order valence-corrected chi connectivity index (χ1v) is 7.89. The topological polar surface area (TPSA) is 41.6 Å². The summed E-state index contributed by atoms with van der Waals surface area (Å²) in [5, 5.41) is 3.06. The van der Waals surface area contributed by atoms with Crippen molar-refractivity contribution in [3.63, 3.8) is 0 Å². The van der Waals surface area contributed by atoms with Crippen molar-refractivity contribution in [2.75, 3.05) is 32.8 Å². The first-order chi connectivity index (χ1) is 8.80. The maximum absolute atomic E-state index is 11.9. The van der Waals surface area contributed by atoms with E-state index in [4.69, 9.17) is 4.74 Å². The molecule has 1 amide bonds. The van der Waals surface area contributed by atoms with Gasteiger partial charge in [-0.1, -0.05) is 29.8 Å². The molecule has 0 aromatic carbocycles. The first-order valence-electron chi connectivity index (χ1n) is 7.09. The molecule has 1 saturated heterocycles. The zero-order valence-corrected chi connectivity index (χ0v) is 14.1. The number of nitrogens with one attached hydrogen (secondary N) is 1. The second kappa shape index (κ2) is 7.60. The SMILES string of the molecule is CC(C)CC(CNC(=O)C(C)(C)Br)N1CCOCC1. The molecule has 1 aliphatic rings. The van der Waals surface area contributed by atoms with Crippen LogP contribution in [0, 0.1) is 5.92 Å². The number of alkyl halides is 1. The molecule has 1 N–H and O–H groups in total. The number of rotatable bonds is 6. The van der Waals surface area contributed by atoms with Crippen LogP contribution in [-0.4, -0.2) is 54.0 Å². The Hall–Kier alpha value is -0.130. The van der Waals surface area contributed by atoms with Gasteiger partial charge in [-0.2, -0.15) is 0 Å². The summed E-state index contributed by atoms with van der Waals surface area (Å²) in [6, 6.07) is 0.405. The highest BCUT2D eigenvalue weighted by Crippen LogP contribution is 2.17. The van der Waals surface area contributed by atoms with Gasteiger partial charge in [0.25, 0.3) is 0 Å². The van der Waals surface area contributed by atoms with Crippen LogP contribution in [0.25, 0.3) is 0 Å². The highest BCUT2D eigenvalue weighted by Gasteiger charge is 2.26. The van der Waals surface area contributed by atoms with Gasteiger partial charge >= 0.3 is 0 Å². The van der Waals surface area contributed by atoms with E-state index < -0.39 is 4.32 Å². The summed E-state index contributed by atoms with van der Waals surface area (Å²) in [5.74, 6) is 0.677. The van der Waals surface area contributed by atoms with E-state index in [1.54, 1.807) is 0 Å². The van der Waals surface area contributed by atoms with Gasteiger partial charge in [0.2, 0.25) is 5.91 Å². The average Bonchev–Trinajstić information content (AvgIpc) is 2.33. The highest BCUT2D eigenvalue weighted by molar-refractivity contribution is 9.10. The zero-order chi connectivity index (χ0) is 14.5. The lowest BCUT2D eigenvalue weighted by Gasteiger charge is -2.36. The van der Waals surface area contributed by atoms with Gasteiger partial charge in [-0.05, 0) is 26.2 Å². The Morgan fingerprint density at radius 3 is 2.42 bits per heavy atom. The smallest absolute Gasteiger partial charge is 0.236 e. The van der Waals surface area contributed by atoms with Crippen LogP contribution < -0.4 is 5.32 Å². The number of ether oxygens (including phenoxy) is 1. The molecule has 1 atom stereocenters. The van der Waals surface area contributed by atoms with E-state index in [-0.39, 0.29) is 5.91 Å². The van der Waals surface area contributed by atoms with Crippen LogP contribution in [0.2, 0.25) is 0 Å². The Labute approximate surface area is 125 Å². The largest absolute Gasteiger partial charge is 0.379 e. The van der Waals surface area contributed by atoms with Crippen LogP contribution in [0.5, 0.6) is 0 Å². The molecule has 4 nitrogen and oxygen atoms in total. The summed E-state index contributed by atoms with van der Waals surface area (Å²) in [6.45, 7) is 12.4. The molecule has 0 radical (unpaired) electrons. The molecule has 19 heavy (non-hydrogen) atoms. The predicted octanol–water partition coefficient (Wildman–Crippen LogP) is 2.02. The second-order valence-corrected chi connectivity index (χ2v) is 8.10. The summed E-state index contributed by atoms with van der Waals surface area (Å²) < 4.78 is 4.90. The van der Waals surface area contributed by atoms with Crippen molar-refractivity contribution in [3.8, 4) is 0 Å². The molecule has 1 fully saturated rings. The monoisotopic (exact) mass is 334 g/mol. The molecule has 1 aliphatic heterocycles. The number of amides is 1. The lowest BCUT2D eigenvalue weighted by molar-refractivity contribution is -0.122. The fourth-order valence-corrected chi connectivity index (χ4v) is 2.41. The fraction of sp³-hybridized carbons (Fsp3) is 0.929. The number of hydrogen-bond acceptors (Lipinski definition) is 3. The Bertz CT molecular complexity index is 284. The Balaban J connectivity index is 2.51. The number of carbonyl (C=O) groups excluding carboxylic acids is 1. The van der Waals surface area contributed by atoms with Crippen LogP contribution in [0.4, 0.5) is 0 Å². The number of nitrogens with zero attached hydrogens (tertiary/aromatic N) is 1. The van der Waals surface area contributed by atoms with Gasteiger partial charge in [0.1, 0.15) is 0 Å². The van der Waals surface area contributed by atoms with Crippen molar-refractivity contribution in [2.24, 2.45) is 5.92 Å². The minimum absolute atomic E-state index is 0.0505. The fourth-order valence-electron chi connectivity index (χ4n) is 2.27. The molecule has 0 aromatic rings. The van der Waals surface area contributed by atoms with Crippen LogP contribution in [0.1, 0.15) is 34.1 Å². The van der Waals surface area contributed by atoms with E-state index in [2.05, 4.69) is 40.0 Å². The Morgan fingerprint density at radius 2 is 1.95 bits per heavy atom. The normalized spacial score (nSPS) is 19.5. The molecule has 0 spiro atoms. The minimum atomic E-state index is -0.500. The van der Waals surface area contributed by atoms with Gasteiger partial charge < -0.3 is 10.1 Å². The molecule has 5 heteroatoms. The van der Waals surface area contributed by atoms with Crippen LogP contribution in [0.3, 0.4) is 0 Å². The standard InChI is InChI=1S/C14H27BrN2O2/c1-11(2)9-12(17-5-7-19-8-6-17)10-16-13(18)14(3,4)15/h11-12H,5-10H2,1-4H3,(H,16,18). The van der Waals surface area contributed by atoms with Gasteiger partial charge in [0.05, 0.1) is 17.5 Å². The van der Waals surface area contributed by atoms with Gasteiger partial charge in [0, 0.05) is 25.7 Å². The molecule has 1 heterocycles. The van der Waals surface area contributed by atoms with Crippen molar-refractivity contribution in [1.82, 2.24) is 10.2 Å². The van der Waals surface area contributed by atoms with Gasteiger partial charge in [-0.3, -0.25) is 9.69 Å². The van der Waals surface area contributed by atoms with Crippen molar-refractivity contribution < 1.29 is 9.53 Å². The Kier molecular flexibility index (Phi) is 6.77. The van der Waals surface area contributed by atoms with E-state index in [1.807, 2.05) is 13.8 Å². The third-order valence-corrected chi connectivity index (χ3v) is 3.70. The quantitative estimate of drug-likeness (QED) is 0.755. The van der Waals surface area contributed by atoms with Gasteiger partial charge in [-0.25, -0.2) is 0 Å². The van der Waals surface area contributed by atoms with E-state index in [1.165, 1.54) is 0 Å². The first kappa shape index (κ1) is 16.9. The van der Waals surface area contributed by atoms with Crippen molar-refractivity contribution >= 4 is 21.8 Å². The van der Waals surface area contributed by atoms with Crippen molar-refractivity contribution in [1.29, 1.82) is 0 Å². The molecule has 0 saturated carbocycles. The molecular weight excluding hydrogens is 308 g/mol. The number of halogens is 1. The van der Waals surface area contributed by atoms with Crippen LogP contribution >= 0.6 is 15.9 Å². The number of morpholine rings is 1. The molecule has 112 valence electrons. The van der Waals surface area contributed by atoms with E-state index in [9.17, 15) is 4.79 Å². The van der Waals surface area contributed by atoms with Crippen molar-refractivity contribution in [2.45, 2.75) is 44.5 Å². The molecule has 0 bridgehead atoms. The lowest BCUT2D eigenvalue weighted by atomic mass is 10.0. The summed E-state index contributed by atoms with van der Waals surface area (Å²) in [4.78, 5) is 14.4. The van der Waals surface area contributed by atoms with E-state index >= 15 is 0 Å². The highest BCUT2D eigenvalue weighted by atomic mass is 79.9. The second-order valence-electron chi connectivity index (χ2n) is 6.11. The minimum Gasteiger partial charge on any atom is -0.379 e. The predicted molar refractivity (Wildman–Crippen MR) is 81.7 cm³/mol. The maximum atomic E-state index is 11.9. The summed E-state index contributed by atoms with van der Waals surface area (Å²) >= 11 is 3.40. The van der Waals surface area contributed by atoms with Crippen LogP contribution in [-0.2, 0) is 9.53 Å². The zero-order valence-electron chi connectivity index (χ0n) is 12.5. The lowest BCUT2D eigenvalue weighted by Crippen LogP contribution is -2.51. The molecule has 0 aromatic heterocycles. The average molecular weight is 335 g/mol.